The van der Waals surface area contributed by atoms with Gasteiger partial charge in [0, 0.05) is 22.0 Å². The lowest BCUT2D eigenvalue weighted by Crippen LogP contribution is -1.82. The quantitative estimate of drug-likeness (QED) is 0.612. The van der Waals surface area contributed by atoms with Crippen LogP contribution >= 0.6 is 23.2 Å². The number of fused-ring (bicyclic) bond motifs is 1. The molecule has 0 saturated heterocycles. The number of hydrogen-bond acceptors (Lipinski definition) is 1. The molecule has 1 heterocycles. The average molecular weight is 216 g/mol. The predicted octanol–water partition coefficient (Wildman–Crippen LogP) is 3.68. The van der Waals surface area contributed by atoms with Crippen molar-refractivity contribution in [2.45, 2.75) is 0 Å². The smallest absolute Gasteiger partial charge is 0.132 e. The molecule has 0 radical (unpaired) electrons. The van der Waals surface area contributed by atoms with Crippen molar-refractivity contribution in [3.63, 3.8) is 0 Å². The Morgan fingerprint density at radius 2 is 1.92 bits per heavy atom. The van der Waals surface area contributed by atoms with Crippen LogP contribution in [0, 0.1) is 5.82 Å². The Bertz CT molecular complexity index is 470. The van der Waals surface area contributed by atoms with Crippen LogP contribution in [-0.2, 0) is 0 Å². The molecule has 0 saturated carbocycles. The highest BCUT2D eigenvalue weighted by atomic mass is 35.5. The van der Waals surface area contributed by atoms with Gasteiger partial charge in [0.05, 0.1) is 0 Å². The molecule has 2 aromatic rings. The molecule has 2 rings (SSSR count). The zero-order chi connectivity index (χ0) is 9.42. The lowest BCUT2D eigenvalue weighted by Gasteiger charge is -1.99. The second-order valence-electron chi connectivity index (χ2n) is 2.62. The number of benzene rings is 1. The SMILES string of the molecule is Fc1cc(Cl)cc2cnc(Cl)cc12. The lowest BCUT2D eigenvalue weighted by molar-refractivity contribution is 0.640. The molecule has 1 aromatic heterocycles. The van der Waals surface area contributed by atoms with Crippen molar-refractivity contribution in [2.24, 2.45) is 0 Å². The minimum absolute atomic E-state index is 0.272. The van der Waals surface area contributed by atoms with Gasteiger partial charge < -0.3 is 0 Å². The van der Waals surface area contributed by atoms with E-state index in [1.807, 2.05) is 0 Å². The van der Waals surface area contributed by atoms with E-state index in [0.717, 1.165) is 0 Å². The van der Waals surface area contributed by atoms with Crippen LogP contribution in [0.2, 0.25) is 10.2 Å². The molecular weight excluding hydrogens is 212 g/mol. The molecule has 0 aliphatic heterocycles. The molecule has 0 atom stereocenters. The highest BCUT2D eigenvalue weighted by Crippen LogP contribution is 2.23. The summed E-state index contributed by atoms with van der Waals surface area (Å²) in [4.78, 5) is 3.83. The average Bonchev–Trinajstić information content (AvgIpc) is 2.06. The Hall–Kier alpha value is -0.860. The van der Waals surface area contributed by atoms with E-state index < -0.39 is 0 Å². The van der Waals surface area contributed by atoms with Gasteiger partial charge in [0.2, 0.25) is 0 Å². The number of hydrogen-bond donors (Lipinski definition) is 0. The largest absolute Gasteiger partial charge is 0.244 e. The van der Waals surface area contributed by atoms with Gasteiger partial charge in [-0.05, 0) is 18.2 Å². The van der Waals surface area contributed by atoms with Gasteiger partial charge in [0.15, 0.2) is 0 Å². The van der Waals surface area contributed by atoms with E-state index >= 15 is 0 Å². The first-order chi connectivity index (χ1) is 6.16. The first-order valence-electron chi connectivity index (χ1n) is 3.57. The van der Waals surface area contributed by atoms with E-state index in [9.17, 15) is 4.39 Å². The summed E-state index contributed by atoms with van der Waals surface area (Å²) in [6.07, 6.45) is 1.49. The molecule has 0 fully saturated rings. The maximum atomic E-state index is 13.3. The van der Waals surface area contributed by atoms with Crippen molar-refractivity contribution >= 4 is 34.0 Å². The summed E-state index contributed by atoms with van der Waals surface area (Å²) in [7, 11) is 0. The van der Waals surface area contributed by atoms with Crippen LogP contribution in [0.1, 0.15) is 0 Å². The molecule has 0 amide bonds. The topological polar surface area (TPSA) is 12.9 Å². The van der Waals surface area contributed by atoms with Crippen molar-refractivity contribution in [2.75, 3.05) is 0 Å². The Kier molecular flexibility index (Phi) is 2.10. The Morgan fingerprint density at radius 3 is 2.69 bits per heavy atom. The normalized spacial score (nSPS) is 10.7. The second kappa shape index (κ2) is 3.13. The summed E-state index contributed by atoms with van der Waals surface area (Å²) in [6.45, 7) is 0. The van der Waals surface area contributed by atoms with Gasteiger partial charge in [0.25, 0.3) is 0 Å². The van der Waals surface area contributed by atoms with Crippen LogP contribution in [-0.4, -0.2) is 4.98 Å². The molecule has 13 heavy (non-hydrogen) atoms. The number of aromatic nitrogens is 1. The van der Waals surface area contributed by atoms with E-state index in [-0.39, 0.29) is 11.0 Å². The molecule has 1 aromatic carbocycles. The fourth-order valence-corrected chi connectivity index (χ4v) is 1.52. The summed E-state index contributed by atoms with van der Waals surface area (Å²) in [6, 6.07) is 4.37. The highest BCUT2D eigenvalue weighted by molar-refractivity contribution is 6.32. The summed E-state index contributed by atoms with van der Waals surface area (Å²) < 4.78 is 13.3. The monoisotopic (exact) mass is 215 g/mol. The van der Waals surface area contributed by atoms with Gasteiger partial charge >= 0.3 is 0 Å². The minimum Gasteiger partial charge on any atom is -0.244 e. The third kappa shape index (κ3) is 1.60. The number of pyridine rings is 1. The molecular formula is C9H4Cl2FN. The van der Waals surface area contributed by atoms with E-state index in [0.29, 0.717) is 15.8 Å². The van der Waals surface area contributed by atoms with Crippen molar-refractivity contribution in [1.82, 2.24) is 4.98 Å². The van der Waals surface area contributed by atoms with Crippen LogP contribution in [0.4, 0.5) is 4.39 Å². The number of nitrogens with zero attached hydrogens (tertiary/aromatic N) is 1. The Balaban J connectivity index is 2.87. The summed E-state index contributed by atoms with van der Waals surface area (Å²) >= 11 is 11.3. The molecule has 0 bridgehead atoms. The maximum Gasteiger partial charge on any atom is 0.132 e. The molecule has 0 spiro atoms. The van der Waals surface area contributed by atoms with Gasteiger partial charge in [-0.15, -0.1) is 0 Å². The van der Waals surface area contributed by atoms with Crippen molar-refractivity contribution in [3.05, 3.63) is 40.4 Å². The summed E-state index contributed by atoms with van der Waals surface area (Å²) in [5.41, 5.74) is 0. The van der Waals surface area contributed by atoms with Crippen LogP contribution in [0.5, 0.6) is 0 Å². The lowest BCUT2D eigenvalue weighted by atomic mass is 10.2. The molecule has 1 nitrogen and oxygen atoms in total. The standard InChI is InChI=1S/C9H4Cl2FN/c10-6-1-5-4-13-9(11)3-7(5)8(12)2-6/h1-4H. The molecule has 0 aliphatic rings. The van der Waals surface area contributed by atoms with Gasteiger partial charge in [-0.25, -0.2) is 9.37 Å². The van der Waals surface area contributed by atoms with Gasteiger partial charge in [-0.1, -0.05) is 23.2 Å². The number of rotatable bonds is 0. The van der Waals surface area contributed by atoms with E-state index in [1.54, 1.807) is 6.07 Å². The zero-order valence-electron chi connectivity index (χ0n) is 6.39. The minimum atomic E-state index is -0.383. The predicted molar refractivity (Wildman–Crippen MR) is 51.7 cm³/mol. The third-order valence-electron chi connectivity index (χ3n) is 1.72. The molecule has 0 N–H and O–H groups in total. The molecule has 0 unspecified atom stereocenters. The molecule has 66 valence electrons. The molecule has 4 heteroatoms. The van der Waals surface area contributed by atoms with Crippen LogP contribution in [0.15, 0.2) is 24.4 Å². The van der Waals surface area contributed by atoms with Gasteiger partial charge in [-0.3, -0.25) is 0 Å². The van der Waals surface area contributed by atoms with E-state index in [2.05, 4.69) is 4.98 Å². The number of halogens is 3. The Morgan fingerprint density at radius 1 is 1.15 bits per heavy atom. The first kappa shape index (κ1) is 8.73. The van der Waals surface area contributed by atoms with E-state index in [1.165, 1.54) is 18.3 Å². The van der Waals surface area contributed by atoms with Crippen LogP contribution in [0.3, 0.4) is 0 Å². The highest BCUT2D eigenvalue weighted by Gasteiger charge is 2.03. The maximum absolute atomic E-state index is 13.3. The van der Waals surface area contributed by atoms with E-state index in [4.69, 9.17) is 23.2 Å². The van der Waals surface area contributed by atoms with Crippen LogP contribution in [0.25, 0.3) is 10.8 Å². The van der Waals surface area contributed by atoms with Gasteiger partial charge in [0.1, 0.15) is 11.0 Å². The van der Waals surface area contributed by atoms with Gasteiger partial charge in [-0.2, -0.15) is 0 Å². The van der Waals surface area contributed by atoms with Crippen molar-refractivity contribution in [1.29, 1.82) is 0 Å². The zero-order valence-corrected chi connectivity index (χ0v) is 7.90. The summed E-state index contributed by atoms with van der Waals surface area (Å²) in [5, 5.41) is 1.71. The van der Waals surface area contributed by atoms with Crippen molar-refractivity contribution < 1.29 is 4.39 Å². The molecule has 0 aliphatic carbocycles. The van der Waals surface area contributed by atoms with Crippen molar-refractivity contribution in [3.8, 4) is 0 Å². The Labute approximate surface area is 84.1 Å². The fraction of sp³-hybridized carbons (Fsp3) is 0. The van der Waals surface area contributed by atoms with Crippen LogP contribution < -0.4 is 0 Å². The first-order valence-corrected chi connectivity index (χ1v) is 4.33. The fourth-order valence-electron chi connectivity index (χ4n) is 1.15. The summed E-state index contributed by atoms with van der Waals surface area (Å²) in [5.74, 6) is -0.383. The second-order valence-corrected chi connectivity index (χ2v) is 3.44. The third-order valence-corrected chi connectivity index (χ3v) is 2.14.